The van der Waals surface area contributed by atoms with Crippen molar-refractivity contribution in [2.45, 2.75) is 27.7 Å². The number of hydrogen-bond donors (Lipinski definition) is 2. The summed E-state index contributed by atoms with van der Waals surface area (Å²) in [5, 5.41) is 5.36. The lowest BCUT2D eigenvalue weighted by Crippen LogP contribution is -2.39. The van der Waals surface area contributed by atoms with E-state index in [1.165, 1.54) is 6.08 Å². The summed E-state index contributed by atoms with van der Waals surface area (Å²) in [6, 6.07) is 0. The SMILES string of the molecule is C=CCNC(=O)COC(=O)C1C(C(=O)OCC)=C(C)NC(C)=C1C(=O)OCC. The number of allylic oxidation sites excluding steroid dienone is 2. The number of dihydropyridines is 1. The Morgan fingerprint density at radius 3 is 1.93 bits per heavy atom. The topological polar surface area (TPSA) is 120 Å². The Balaban J connectivity index is 3.22. The van der Waals surface area contributed by atoms with Crippen LogP contribution >= 0.6 is 0 Å². The van der Waals surface area contributed by atoms with Crippen molar-refractivity contribution in [2.24, 2.45) is 5.92 Å². The fraction of sp³-hybridized carbons (Fsp3) is 0.474. The van der Waals surface area contributed by atoms with Crippen LogP contribution in [0, 0.1) is 5.92 Å². The second-order valence-corrected chi connectivity index (χ2v) is 5.78. The molecule has 0 aromatic carbocycles. The third-order valence-electron chi connectivity index (χ3n) is 3.78. The average Bonchev–Trinajstić information content (AvgIpc) is 2.63. The molecule has 2 N–H and O–H groups in total. The summed E-state index contributed by atoms with van der Waals surface area (Å²) in [6.07, 6.45) is 1.47. The van der Waals surface area contributed by atoms with Crippen molar-refractivity contribution in [3.05, 3.63) is 35.2 Å². The number of amides is 1. The van der Waals surface area contributed by atoms with Crippen LogP contribution in [0.3, 0.4) is 0 Å². The molecule has 1 aliphatic heterocycles. The largest absolute Gasteiger partial charge is 0.463 e. The van der Waals surface area contributed by atoms with Gasteiger partial charge in [-0.1, -0.05) is 6.08 Å². The number of rotatable bonds is 9. The van der Waals surface area contributed by atoms with E-state index in [4.69, 9.17) is 14.2 Å². The van der Waals surface area contributed by atoms with E-state index in [-0.39, 0.29) is 30.9 Å². The second-order valence-electron chi connectivity index (χ2n) is 5.78. The molecule has 0 atom stereocenters. The summed E-state index contributed by atoms with van der Waals surface area (Å²) < 4.78 is 15.1. The van der Waals surface area contributed by atoms with Gasteiger partial charge in [0.1, 0.15) is 5.92 Å². The Kier molecular flexibility index (Phi) is 8.94. The molecule has 0 aromatic heterocycles. The van der Waals surface area contributed by atoms with Gasteiger partial charge in [-0.2, -0.15) is 0 Å². The molecule has 154 valence electrons. The molecule has 0 aromatic rings. The van der Waals surface area contributed by atoms with Crippen molar-refractivity contribution in [3.8, 4) is 0 Å². The van der Waals surface area contributed by atoms with Crippen molar-refractivity contribution in [2.75, 3.05) is 26.4 Å². The molecule has 9 heteroatoms. The van der Waals surface area contributed by atoms with E-state index >= 15 is 0 Å². The van der Waals surface area contributed by atoms with Gasteiger partial charge in [0, 0.05) is 17.9 Å². The third-order valence-corrected chi connectivity index (χ3v) is 3.78. The first-order valence-corrected chi connectivity index (χ1v) is 8.85. The minimum atomic E-state index is -1.37. The first kappa shape index (κ1) is 22.9. The fourth-order valence-electron chi connectivity index (χ4n) is 2.65. The lowest BCUT2D eigenvalue weighted by molar-refractivity contribution is -0.154. The number of esters is 3. The zero-order chi connectivity index (χ0) is 21.3. The van der Waals surface area contributed by atoms with Gasteiger partial charge in [-0.3, -0.25) is 9.59 Å². The Labute approximate surface area is 163 Å². The molecule has 0 aliphatic carbocycles. The van der Waals surface area contributed by atoms with Crippen LogP contribution in [0.5, 0.6) is 0 Å². The molecular weight excluding hydrogens is 368 g/mol. The molecular formula is C19H26N2O7. The molecule has 0 bridgehead atoms. The molecule has 1 amide bonds. The van der Waals surface area contributed by atoms with E-state index in [1.807, 2.05) is 0 Å². The molecule has 9 nitrogen and oxygen atoms in total. The van der Waals surface area contributed by atoms with Crippen molar-refractivity contribution < 1.29 is 33.4 Å². The highest BCUT2D eigenvalue weighted by Crippen LogP contribution is 2.32. The van der Waals surface area contributed by atoms with Crippen molar-refractivity contribution in [1.82, 2.24) is 10.6 Å². The maximum atomic E-state index is 12.8. The van der Waals surface area contributed by atoms with E-state index < -0.39 is 36.3 Å². The maximum Gasteiger partial charge on any atom is 0.337 e. The molecule has 1 rings (SSSR count). The van der Waals surface area contributed by atoms with E-state index in [0.29, 0.717) is 11.4 Å². The van der Waals surface area contributed by atoms with Gasteiger partial charge >= 0.3 is 17.9 Å². The first-order chi connectivity index (χ1) is 13.3. The first-order valence-electron chi connectivity index (χ1n) is 8.85. The van der Waals surface area contributed by atoms with E-state index in [2.05, 4.69) is 17.2 Å². The van der Waals surface area contributed by atoms with Crippen LogP contribution in [0.15, 0.2) is 35.2 Å². The van der Waals surface area contributed by atoms with Crippen molar-refractivity contribution >= 4 is 23.8 Å². The highest BCUT2D eigenvalue weighted by molar-refractivity contribution is 6.05. The van der Waals surface area contributed by atoms with E-state index in [0.717, 1.165) is 0 Å². The highest BCUT2D eigenvalue weighted by Gasteiger charge is 2.42. The van der Waals surface area contributed by atoms with Gasteiger partial charge in [-0.15, -0.1) is 6.58 Å². The lowest BCUT2D eigenvalue weighted by Gasteiger charge is -2.28. The molecule has 0 saturated carbocycles. The fourth-order valence-corrected chi connectivity index (χ4v) is 2.65. The zero-order valence-electron chi connectivity index (χ0n) is 16.5. The smallest absolute Gasteiger partial charge is 0.337 e. The summed E-state index contributed by atoms with van der Waals surface area (Å²) >= 11 is 0. The normalized spacial score (nSPS) is 14.1. The number of nitrogens with one attached hydrogen (secondary N) is 2. The molecule has 0 spiro atoms. The molecule has 0 radical (unpaired) electrons. The Bertz CT molecular complexity index is 682. The summed E-state index contributed by atoms with van der Waals surface area (Å²) in [5.41, 5.74) is 0.572. The van der Waals surface area contributed by atoms with Gasteiger partial charge in [-0.05, 0) is 27.7 Å². The summed E-state index contributed by atoms with van der Waals surface area (Å²) in [6.45, 7) is 9.67. The van der Waals surface area contributed by atoms with Crippen LogP contribution in [-0.2, 0) is 33.4 Å². The monoisotopic (exact) mass is 394 g/mol. The Morgan fingerprint density at radius 2 is 1.50 bits per heavy atom. The van der Waals surface area contributed by atoms with Gasteiger partial charge in [0.15, 0.2) is 6.61 Å². The van der Waals surface area contributed by atoms with Gasteiger partial charge in [0.2, 0.25) is 0 Å². The van der Waals surface area contributed by atoms with E-state index in [1.54, 1.807) is 27.7 Å². The summed E-state index contributed by atoms with van der Waals surface area (Å²) in [4.78, 5) is 49.4. The molecule has 1 aliphatic rings. The van der Waals surface area contributed by atoms with Crippen molar-refractivity contribution in [1.29, 1.82) is 0 Å². The molecule has 0 saturated heterocycles. The minimum Gasteiger partial charge on any atom is -0.463 e. The minimum absolute atomic E-state index is 0.0630. The van der Waals surface area contributed by atoms with Gasteiger partial charge in [0.25, 0.3) is 5.91 Å². The Morgan fingerprint density at radius 1 is 1.00 bits per heavy atom. The van der Waals surface area contributed by atoms with Crippen LogP contribution < -0.4 is 10.6 Å². The van der Waals surface area contributed by atoms with Gasteiger partial charge in [-0.25, -0.2) is 9.59 Å². The molecule has 0 fully saturated rings. The number of carbonyl (C=O) groups is 4. The highest BCUT2D eigenvalue weighted by atomic mass is 16.5. The average molecular weight is 394 g/mol. The van der Waals surface area contributed by atoms with Crippen LogP contribution in [0.2, 0.25) is 0 Å². The van der Waals surface area contributed by atoms with Gasteiger partial charge in [0.05, 0.1) is 24.4 Å². The molecule has 28 heavy (non-hydrogen) atoms. The third kappa shape index (κ3) is 5.70. The zero-order valence-corrected chi connectivity index (χ0v) is 16.5. The van der Waals surface area contributed by atoms with Crippen LogP contribution in [-0.4, -0.2) is 50.2 Å². The summed E-state index contributed by atoms with van der Waals surface area (Å²) in [7, 11) is 0. The molecule has 1 heterocycles. The quantitative estimate of drug-likeness (QED) is 0.334. The summed E-state index contributed by atoms with van der Waals surface area (Å²) in [5.74, 6) is -4.37. The maximum absolute atomic E-state index is 12.8. The molecule has 0 unspecified atom stereocenters. The van der Waals surface area contributed by atoms with Crippen LogP contribution in [0.25, 0.3) is 0 Å². The second kappa shape index (κ2) is 10.9. The number of hydrogen-bond acceptors (Lipinski definition) is 8. The van der Waals surface area contributed by atoms with Crippen LogP contribution in [0.4, 0.5) is 0 Å². The lowest BCUT2D eigenvalue weighted by atomic mass is 9.85. The predicted octanol–water partition coefficient (Wildman–Crippen LogP) is 0.725. The predicted molar refractivity (Wildman–Crippen MR) is 99.5 cm³/mol. The van der Waals surface area contributed by atoms with Crippen molar-refractivity contribution in [3.63, 3.8) is 0 Å². The van der Waals surface area contributed by atoms with Crippen LogP contribution in [0.1, 0.15) is 27.7 Å². The van der Waals surface area contributed by atoms with E-state index in [9.17, 15) is 19.2 Å². The standard InChI is InChI=1S/C19H26N2O7/c1-6-9-20-13(22)10-28-19(25)16-14(17(23)26-7-2)11(4)21-12(5)15(16)18(24)27-8-3/h6,16,21H,1,7-10H2,2-5H3,(H,20,22). The Hall–Kier alpha value is -3.10. The number of carbonyl (C=O) groups excluding carboxylic acids is 4. The van der Waals surface area contributed by atoms with Gasteiger partial charge < -0.3 is 24.8 Å². The number of ether oxygens (including phenoxy) is 3.